The van der Waals surface area contributed by atoms with E-state index in [9.17, 15) is 35.9 Å². The molecule has 12 heteroatoms. The molecule has 0 radical (unpaired) electrons. The maximum Gasteiger partial charge on any atom is 0.451 e. The van der Waals surface area contributed by atoms with Crippen molar-refractivity contribution in [2.24, 2.45) is 11.8 Å². The van der Waals surface area contributed by atoms with Crippen LogP contribution in [0.4, 0.5) is 26.3 Å². The molecule has 138 valence electrons. The van der Waals surface area contributed by atoms with Gasteiger partial charge >= 0.3 is 18.3 Å². The fourth-order valence-corrected chi connectivity index (χ4v) is 2.52. The summed E-state index contributed by atoms with van der Waals surface area (Å²) in [5.74, 6) is -8.76. The van der Waals surface area contributed by atoms with Gasteiger partial charge in [-0.05, 0) is 13.0 Å². The second-order valence-electron chi connectivity index (χ2n) is 5.52. The minimum absolute atomic E-state index is 0.202. The van der Waals surface area contributed by atoms with Gasteiger partial charge in [0.1, 0.15) is 5.69 Å². The molecular formula is C13H11F6N3O3. The number of amides is 1. The highest BCUT2D eigenvalue weighted by atomic mass is 19.4. The van der Waals surface area contributed by atoms with Crippen LogP contribution < -0.4 is 0 Å². The van der Waals surface area contributed by atoms with E-state index in [1.807, 2.05) is 0 Å². The van der Waals surface area contributed by atoms with E-state index < -0.39 is 60.7 Å². The summed E-state index contributed by atoms with van der Waals surface area (Å²) in [4.78, 5) is 29.9. The molecule has 0 aliphatic carbocycles. The second-order valence-corrected chi connectivity index (χ2v) is 5.52. The third-order valence-corrected chi connectivity index (χ3v) is 3.67. The first-order valence-electron chi connectivity index (χ1n) is 6.82. The molecule has 2 heterocycles. The molecule has 0 spiro atoms. The van der Waals surface area contributed by atoms with Crippen LogP contribution in [0, 0.1) is 18.8 Å². The van der Waals surface area contributed by atoms with E-state index in [1.165, 1.54) is 0 Å². The van der Waals surface area contributed by atoms with Crippen LogP contribution in [0.3, 0.4) is 0 Å². The van der Waals surface area contributed by atoms with Gasteiger partial charge in [-0.3, -0.25) is 9.59 Å². The Bertz CT molecular complexity index is 703. The zero-order valence-corrected chi connectivity index (χ0v) is 12.5. The first-order chi connectivity index (χ1) is 11.3. The summed E-state index contributed by atoms with van der Waals surface area (Å²) in [6.07, 6.45) is -9.80. The number of nitrogens with zero attached hydrogens (tertiary/aromatic N) is 3. The molecule has 6 nitrogen and oxygen atoms in total. The Kier molecular flexibility index (Phi) is 4.66. The van der Waals surface area contributed by atoms with Crippen molar-refractivity contribution in [2.45, 2.75) is 19.3 Å². The van der Waals surface area contributed by atoms with E-state index >= 15 is 0 Å². The van der Waals surface area contributed by atoms with Crippen molar-refractivity contribution in [1.29, 1.82) is 0 Å². The van der Waals surface area contributed by atoms with E-state index in [-0.39, 0.29) is 5.69 Å². The van der Waals surface area contributed by atoms with Crippen LogP contribution in [0.2, 0.25) is 0 Å². The molecule has 1 aliphatic rings. The average molecular weight is 371 g/mol. The Morgan fingerprint density at radius 1 is 1.16 bits per heavy atom. The Labute approximate surface area is 136 Å². The van der Waals surface area contributed by atoms with Gasteiger partial charge in [-0.2, -0.15) is 26.3 Å². The van der Waals surface area contributed by atoms with Gasteiger partial charge in [-0.15, -0.1) is 0 Å². The van der Waals surface area contributed by atoms with E-state index in [2.05, 4.69) is 9.97 Å². The first kappa shape index (κ1) is 18.9. The molecule has 0 aromatic carbocycles. The maximum atomic E-state index is 12.9. The molecule has 0 bridgehead atoms. The number of carboxylic acid groups (broad SMARTS) is 1. The molecule has 1 saturated heterocycles. The van der Waals surface area contributed by atoms with Crippen LogP contribution in [-0.4, -0.2) is 51.1 Å². The normalized spacial score (nSPS) is 21.5. The van der Waals surface area contributed by atoms with Gasteiger partial charge in [0.2, 0.25) is 5.82 Å². The van der Waals surface area contributed by atoms with Gasteiger partial charge in [0.05, 0.1) is 11.8 Å². The number of likely N-dealkylation sites (tertiary alicyclic amines) is 1. The summed E-state index contributed by atoms with van der Waals surface area (Å²) in [5.41, 5.74) is -0.946. The summed E-state index contributed by atoms with van der Waals surface area (Å²) in [6.45, 7) is -0.581. The molecule has 0 saturated carbocycles. The van der Waals surface area contributed by atoms with Crippen molar-refractivity contribution < 1.29 is 41.0 Å². The monoisotopic (exact) mass is 371 g/mol. The van der Waals surface area contributed by atoms with Crippen molar-refractivity contribution in [3.05, 3.63) is 23.3 Å². The number of aliphatic carboxylic acids is 1. The summed E-state index contributed by atoms with van der Waals surface area (Å²) in [6, 6.07) is 0.897. The molecule has 25 heavy (non-hydrogen) atoms. The summed E-state index contributed by atoms with van der Waals surface area (Å²) >= 11 is 0. The van der Waals surface area contributed by atoms with Crippen LogP contribution in [0.25, 0.3) is 0 Å². The second kappa shape index (κ2) is 6.15. The zero-order chi connectivity index (χ0) is 19.2. The minimum Gasteiger partial charge on any atom is -0.481 e. The third-order valence-electron chi connectivity index (χ3n) is 3.67. The lowest BCUT2D eigenvalue weighted by molar-refractivity contribution is -0.187. The lowest BCUT2D eigenvalue weighted by Gasteiger charge is -2.18. The fourth-order valence-electron chi connectivity index (χ4n) is 2.52. The van der Waals surface area contributed by atoms with Crippen LogP contribution >= 0.6 is 0 Å². The summed E-state index contributed by atoms with van der Waals surface area (Å²) < 4.78 is 76.9. The molecule has 1 aliphatic heterocycles. The molecule has 2 atom stereocenters. The van der Waals surface area contributed by atoms with Gasteiger partial charge in [0, 0.05) is 18.8 Å². The predicted octanol–water partition coefficient (Wildman–Crippen LogP) is 2.14. The molecule has 1 fully saturated rings. The highest BCUT2D eigenvalue weighted by molar-refractivity contribution is 5.93. The van der Waals surface area contributed by atoms with Crippen LogP contribution in [0.1, 0.15) is 22.0 Å². The quantitative estimate of drug-likeness (QED) is 0.806. The number of rotatable bonds is 2. The summed E-state index contributed by atoms with van der Waals surface area (Å²) in [5, 5.41) is 8.90. The molecular weight excluding hydrogens is 360 g/mol. The molecule has 0 unspecified atom stereocenters. The largest absolute Gasteiger partial charge is 0.481 e. The Balaban J connectivity index is 2.33. The predicted molar refractivity (Wildman–Crippen MR) is 68.3 cm³/mol. The number of aromatic nitrogens is 2. The van der Waals surface area contributed by atoms with Crippen molar-refractivity contribution in [3.63, 3.8) is 0 Å². The average Bonchev–Trinajstić information content (AvgIpc) is 2.90. The number of carboxylic acids is 1. The van der Waals surface area contributed by atoms with Crippen LogP contribution in [0.15, 0.2) is 6.07 Å². The van der Waals surface area contributed by atoms with E-state index in [0.717, 1.165) is 13.0 Å². The first-order valence-corrected chi connectivity index (χ1v) is 6.82. The van der Waals surface area contributed by atoms with Gasteiger partial charge in [0.25, 0.3) is 5.91 Å². The molecule has 1 aromatic heterocycles. The number of carbonyl (C=O) groups is 2. The van der Waals surface area contributed by atoms with Gasteiger partial charge in [-0.25, -0.2) is 9.97 Å². The van der Waals surface area contributed by atoms with Crippen molar-refractivity contribution >= 4 is 11.9 Å². The third kappa shape index (κ3) is 3.99. The van der Waals surface area contributed by atoms with E-state index in [4.69, 9.17) is 5.11 Å². The van der Waals surface area contributed by atoms with Crippen LogP contribution in [0.5, 0.6) is 0 Å². The number of halogens is 6. The van der Waals surface area contributed by atoms with Crippen molar-refractivity contribution in [1.82, 2.24) is 14.9 Å². The highest BCUT2D eigenvalue weighted by Crippen LogP contribution is 2.38. The highest BCUT2D eigenvalue weighted by Gasteiger charge is 2.53. The summed E-state index contributed by atoms with van der Waals surface area (Å²) in [7, 11) is 0. The van der Waals surface area contributed by atoms with Crippen molar-refractivity contribution in [3.8, 4) is 0 Å². The number of alkyl halides is 6. The van der Waals surface area contributed by atoms with Gasteiger partial charge in [-0.1, -0.05) is 0 Å². The van der Waals surface area contributed by atoms with Gasteiger partial charge in [0.15, 0.2) is 0 Å². The number of hydrogen-bond donors (Lipinski definition) is 1. The fraction of sp³-hybridized carbons (Fsp3) is 0.538. The standard InChI is InChI=1S/C13H11F6N3O3/c1-5-2-8(21-11(20-5)13(17,18)19)9(23)22-3-6(10(24)25)7(4-22)12(14,15)16/h2,6-7H,3-4H2,1H3,(H,24,25)/t6-,7-/m1/s1. The topological polar surface area (TPSA) is 83.4 Å². The Hall–Kier alpha value is -2.40. The molecule has 2 rings (SSSR count). The smallest absolute Gasteiger partial charge is 0.451 e. The SMILES string of the molecule is Cc1cc(C(=O)N2C[C@@H](C(F)(F)F)[C@H](C(=O)O)C2)nc(C(F)(F)F)n1. The minimum atomic E-state index is -4.94. The van der Waals surface area contributed by atoms with Gasteiger partial charge < -0.3 is 10.0 Å². The van der Waals surface area contributed by atoms with E-state index in [0.29, 0.717) is 4.90 Å². The Morgan fingerprint density at radius 3 is 2.20 bits per heavy atom. The van der Waals surface area contributed by atoms with E-state index in [1.54, 1.807) is 0 Å². The maximum absolute atomic E-state index is 12.9. The number of hydrogen-bond acceptors (Lipinski definition) is 4. The van der Waals surface area contributed by atoms with Crippen LogP contribution in [-0.2, 0) is 11.0 Å². The lowest BCUT2D eigenvalue weighted by Crippen LogP contribution is -2.34. The lowest BCUT2D eigenvalue weighted by atomic mass is 9.96. The number of aryl methyl sites for hydroxylation is 1. The molecule has 1 amide bonds. The molecule has 1 aromatic rings. The van der Waals surface area contributed by atoms with Crippen molar-refractivity contribution in [2.75, 3.05) is 13.1 Å². The zero-order valence-electron chi connectivity index (χ0n) is 12.5. The molecule has 1 N–H and O–H groups in total. The Morgan fingerprint density at radius 2 is 1.76 bits per heavy atom. The number of carbonyl (C=O) groups excluding carboxylic acids is 1.